The third-order valence-electron chi connectivity index (χ3n) is 3.77. The van der Waals surface area contributed by atoms with E-state index in [0.717, 1.165) is 38.8 Å². The smallest absolute Gasteiger partial charge is 0.365 e. The fourth-order valence-electron chi connectivity index (χ4n) is 2.56. The molecule has 0 amide bonds. The number of carbonyl (C=O) groups is 5. The number of ketones is 1. The number of Topliss-reactive ketones (excluding diaryl/α,β-unsaturated/α-hetero) is 1. The fourth-order valence-corrected chi connectivity index (χ4v) is 2.56. The maximum atomic E-state index is 12.7. The molecule has 8 heteroatoms. The summed E-state index contributed by atoms with van der Waals surface area (Å²) in [4.78, 5) is 59.0. The molecule has 1 unspecified atom stereocenters. The summed E-state index contributed by atoms with van der Waals surface area (Å²) in [6.07, 6.45) is 4.35. The molecule has 25 heavy (non-hydrogen) atoms. The minimum atomic E-state index is -2.25. The van der Waals surface area contributed by atoms with Crippen molar-refractivity contribution >= 4 is 29.7 Å². The highest BCUT2D eigenvalue weighted by atomic mass is 16.6. The van der Waals surface area contributed by atoms with Gasteiger partial charge in [-0.15, -0.1) is 0 Å². The third kappa shape index (κ3) is 5.81. The van der Waals surface area contributed by atoms with Crippen molar-refractivity contribution in [2.75, 3.05) is 6.61 Å². The van der Waals surface area contributed by atoms with Gasteiger partial charge in [0.15, 0.2) is 5.78 Å². The van der Waals surface area contributed by atoms with Gasteiger partial charge in [-0.05, 0) is 26.7 Å². The maximum absolute atomic E-state index is 12.7. The van der Waals surface area contributed by atoms with Crippen LogP contribution in [0.1, 0.15) is 46.5 Å². The topological polar surface area (TPSA) is 113 Å². The Labute approximate surface area is 145 Å². The molecule has 138 valence electrons. The predicted molar refractivity (Wildman–Crippen MR) is 84.0 cm³/mol. The Morgan fingerprint density at radius 3 is 2.12 bits per heavy atom. The van der Waals surface area contributed by atoms with Crippen LogP contribution >= 0.6 is 0 Å². The third-order valence-corrected chi connectivity index (χ3v) is 3.77. The van der Waals surface area contributed by atoms with Crippen molar-refractivity contribution in [2.45, 2.75) is 52.1 Å². The Hall–Kier alpha value is -2.51. The Bertz CT molecular complexity index is 585. The van der Waals surface area contributed by atoms with E-state index in [-0.39, 0.29) is 6.61 Å². The Balaban J connectivity index is 2.95. The number of rotatable bonds is 7. The molecule has 0 bridgehead atoms. The van der Waals surface area contributed by atoms with Crippen LogP contribution in [0.15, 0.2) is 12.2 Å². The van der Waals surface area contributed by atoms with E-state index in [0.29, 0.717) is 12.8 Å². The average Bonchev–Trinajstić information content (AvgIpc) is 3.06. The molecule has 0 aromatic carbocycles. The van der Waals surface area contributed by atoms with Gasteiger partial charge >= 0.3 is 23.9 Å². The van der Waals surface area contributed by atoms with Crippen LogP contribution in [0.4, 0.5) is 0 Å². The van der Waals surface area contributed by atoms with Crippen molar-refractivity contribution < 1.29 is 38.2 Å². The molecule has 1 rings (SSSR count). The van der Waals surface area contributed by atoms with E-state index in [4.69, 9.17) is 4.74 Å². The first-order valence-electron chi connectivity index (χ1n) is 8.05. The molecule has 1 fully saturated rings. The normalized spacial score (nSPS) is 16.9. The molecule has 0 aromatic heterocycles. The number of hydrogen-bond acceptors (Lipinski definition) is 8. The minimum Gasteiger partial charge on any atom is -0.463 e. The lowest BCUT2D eigenvalue weighted by Crippen LogP contribution is -2.51. The zero-order valence-electron chi connectivity index (χ0n) is 14.5. The van der Waals surface area contributed by atoms with E-state index in [1.54, 1.807) is 6.92 Å². The number of hydrogen-bond donors (Lipinski definition) is 0. The van der Waals surface area contributed by atoms with Gasteiger partial charge in [-0.3, -0.25) is 9.59 Å². The Morgan fingerprint density at radius 2 is 1.60 bits per heavy atom. The molecule has 0 heterocycles. The van der Waals surface area contributed by atoms with Crippen molar-refractivity contribution in [1.82, 2.24) is 0 Å². The van der Waals surface area contributed by atoms with Crippen molar-refractivity contribution in [3.8, 4) is 0 Å². The van der Waals surface area contributed by atoms with E-state index < -0.39 is 41.2 Å². The Kier molecular flexibility index (Phi) is 7.47. The average molecular weight is 354 g/mol. The largest absolute Gasteiger partial charge is 0.463 e. The monoisotopic (exact) mass is 354 g/mol. The second-order valence-electron chi connectivity index (χ2n) is 5.77. The lowest BCUT2D eigenvalue weighted by Gasteiger charge is -2.27. The van der Waals surface area contributed by atoms with Crippen LogP contribution in [-0.2, 0) is 38.2 Å². The standard InChI is InChI=1S/C17H22O8/c1-4-23-13(19)9-10-14(20)25-17(3,16(22)24-11(2)18)15(21)12-7-5-6-8-12/h9-10,12H,4-8H2,1-3H3. The summed E-state index contributed by atoms with van der Waals surface area (Å²) in [5.41, 5.74) is -2.25. The summed E-state index contributed by atoms with van der Waals surface area (Å²) in [5.74, 6) is -5.11. The lowest BCUT2D eigenvalue weighted by molar-refractivity contribution is -0.185. The molecule has 0 aromatic rings. The van der Waals surface area contributed by atoms with Crippen LogP contribution in [0, 0.1) is 5.92 Å². The van der Waals surface area contributed by atoms with Gasteiger partial charge in [0.25, 0.3) is 5.60 Å². The fraction of sp³-hybridized carbons (Fsp3) is 0.588. The van der Waals surface area contributed by atoms with Crippen LogP contribution in [0.2, 0.25) is 0 Å². The lowest BCUT2D eigenvalue weighted by atomic mass is 9.88. The molecule has 1 atom stereocenters. The van der Waals surface area contributed by atoms with Gasteiger partial charge in [0.2, 0.25) is 0 Å². The summed E-state index contributed by atoms with van der Waals surface area (Å²) in [5, 5.41) is 0. The molecule has 1 aliphatic rings. The first kappa shape index (κ1) is 20.5. The van der Waals surface area contributed by atoms with Gasteiger partial charge in [0, 0.05) is 25.0 Å². The number of carbonyl (C=O) groups excluding carboxylic acids is 5. The van der Waals surface area contributed by atoms with Gasteiger partial charge in [-0.1, -0.05) is 12.8 Å². The van der Waals surface area contributed by atoms with Gasteiger partial charge in [-0.2, -0.15) is 0 Å². The molecular formula is C17H22O8. The first-order valence-corrected chi connectivity index (χ1v) is 8.05. The highest BCUT2D eigenvalue weighted by Gasteiger charge is 2.50. The van der Waals surface area contributed by atoms with Gasteiger partial charge in [0.1, 0.15) is 0 Å². The molecular weight excluding hydrogens is 332 g/mol. The second-order valence-corrected chi connectivity index (χ2v) is 5.77. The van der Waals surface area contributed by atoms with E-state index in [2.05, 4.69) is 9.47 Å². The van der Waals surface area contributed by atoms with Crippen LogP contribution in [0.25, 0.3) is 0 Å². The number of ether oxygens (including phenoxy) is 3. The first-order chi connectivity index (χ1) is 11.7. The summed E-state index contributed by atoms with van der Waals surface area (Å²) >= 11 is 0. The molecule has 0 radical (unpaired) electrons. The maximum Gasteiger partial charge on any atom is 0.365 e. The molecule has 8 nitrogen and oxygen atoms in total. The highest BCUT2D eigenvalue weighted by Crippen LogP contribution is 2.31. The van der Waals surface area contributed by atoms with Crippen molar-refractivity contribution in [3.63, 3.8) is 0 Å². The van der Waals surface area contributed by atoms with Crippen molar-refractivity contribution in [2.24, 2.45) is 5.92 Å². The number of esters is 4. The quantitative estimate of drug-likeness (QED) is 0.290. The predicted octanol–water partition coefficient (Wildman–Crippen LogP) is 1.26. The highest BCUT2D eigenvalue weighted by molar-refractivity contribution is 6.11. The zero-order chi connectivity index (χ0) is 19.0. The second kappa shape index (κ2) is 9.10. The van der Waals surface area contributed by atoms with E-state index in [9.17, 15) is 24.0 Å². The van der Waals surface area contributed by atoms with E-state index >= 15 is 0 Å². The van der Waals surface area contributed by atoms with Crippen LogP contribution in [-0.4, -0.2) is 41.9 Å². The van der Waals surface area contributed by atoms with Crippen molar-refractivity contribution in [3.05, 3.63) is 12.2 Å². The molecule has 0 saturated heterocycles. The van der Waals surface area contributed by atoms with Crippen molar-refractivity contribution in [1.29, 1.82) is 0 Å². The van der Waals surface area contributed by atoms with Gasteiger partial charge in [-0.25, -0.2) is 14.4 Å². The molecule has 0 N–H and O–H groups in total. The summed E-state index contributed by atoms with van der Waals surface area (Å²) in [6.45, 7) is 3.82. The van der Waals surface area contributed by atoms with Gasteiger partial charge < -0.3 is 14.2 Å². The minimum absolute atomic E-state index is 0.126. The van der Waals surface area contributed by atoms with Crippen LogP contribution < -0.4 is 0 Å². The SMILES string of the molecule is CCOC(=O)C=CC(=O)OC(C)(C(=O)OC(C)=O)C(=O)C1CCCC1. The molecule has 1 saturated carbocycles. The molecule has 0 aliphatic heterocycles. The molecule has 1 aliphatic carbocycles. The van der Waals surface area contributed by atoms with Gasteiger partial charge in [0.05, 0.1) is 6.61 Å². The Morgan fingerprint density at radius 1 is 1.04 bits per heavy atom. The summed E-state index contributed by atoms with van der Waals surface area (Å²) in [6, 6.07) is 0. The summed E-state index contributed by atoms with van der Waals surface area (Å²) < 4.78 is 14.1. The zero-order valence-corrected chi connectivity index (χ0v) is 14.5. The molecule has 0 spiro atoms. The van der Waals surface area contributed by atoms with E-state index in [1.165, 1.54) is 0 Å². The van der Waals surface area contributed by atoms with Crippen LogP contribution in [0.3, 0.4) is 0 Å². The summed E-state index contributed by atoms with van der Waals surface area (Å²) in [7, 11) is 0. The van der Waals surface area contributed by atoms with E-state index in [1.807, 2.05) is 0 Å². The van der Waals surface area contributed by atoms with Crippen LogP contribution in [0.5, 0.6) is 0 Å².